The lowest BCUT2D eigenvalue weighted by molar-refractivity contribution is 0.390. The van der Waals surface area contributed by atoms with Crippen molar-refractivity contribution in [2.24, 2.45) is 5.92 Å². The average Bonchev–Trinajstić information content (AvgIpc) is 2.43. The Morgan fingerprint density at radius 2 is 2.06 bits per heavy atom. The van der Waals surface area contributed by atoms with E-state index in [1.165, 1.54) is 22.8 Å². The van der Waals surface area contributed by atoms with Gasteiger partial charge in [0.05, 0.1) is 0 Å². The van der Waals surface area contributed by atoms with Crippen molar-refractivity contribution in [1.82, 2.24) is 10.3 Å². The summed E-state index contributed by atoms with van der Waals surface area (Å²) in [5, 5.41) is 6.14. The second-order valence-corrected chi connectivity index (χ2v) is 5.07. The molecular formula is C16H22N2. The van der Waals surface area contributed by atoms with Crippen molar-refractivity contribution in [1.29, 1.82) is 0 Å². The van der Waals surface area contributed by atoms with Gasteiger partial charge in [-0.25, -0.2) is 0 Å². The molecule has 0 aliphatic heterocycles. The Kier molecular flexibility index (Phi) is 4.32. The van der Waals surface area contributed by atoms with Crippen molar-refractivity contribution in [3.8, 4) is 0 Å². The third kappa shape index (κ3) is 2.88. The van der Waals surface area contributed by atoms with Crippen LogP contribution in [0.4, 0.5) is 0 Å². The topological polar surface area (TPSA) is 24.9 Å². The van der Waals surface area contributed by atoms with Crippen molar-refractivity contribution in [3.63, 3.8) is 0 Å². The monoisotopic (exact) mass is 242 g/mol. The largest absolute Gasteiger partial charge is 0.310 e. The van der Waals surface area contributed by atoms with E-state index < -0.39 is 0 Å². The van der Waals surface area contributed by atoms with Crippen LogP contribution in [0.5, 0.6) is 0 Å². The van der Waals surface area contributed by atoms with E-state index in [-0.39, 0.29) is 0 Å². The molecule has 2 unspecified atom stereocenters. The number of hydrogen-bond donors (Lipinski definition) is 1. The van der Waals surface area contributed by atoms with E-state index >= 15 is 0 Å². The van der Waals surface area contributed by atoms with Crippen molar-refractivity contribution in [2.75, 3.05) is 0 Å². The first-order valence-corrected chi connectivity index (χ1v) is 6.77. The Balaban J connectivity index is 2.12. The quantitative estimate of drug-likeness (QED) is 0.863. The second-order valence-electron chi connectivity index (χ2n) is 5.07. The lowest BCUT2D eigenvalue weighted by Crippen LogP contribution is -2.31. The fourth-order valence-corrected chi connectivity index (χ4v) is 2.17. The van der Waals surface area contributed by atoms with Crippen molar-refractivity contribution >= 4 is 10.8 Å². The first-order valence-electron chi connectivity index (χ1n) is 6.77. The number of pyridine rings is 1. The van der Waals surface area contributed by atoms with E-state index in [0.717, 1.165) is 6.54 Å². The highest BCUT2D eigenvalue weighted by molar-refractivity contribution is 5.84. The zero-order valence-corrected chi connectivity index (χ0v) is 11.5. The highest BCUT2D eigenvalue weighted by Gasteiger charge is 2.09. The summed E-state index contributed by atoms with van der Waals surface area (Å²) < 4.78 is 0. The van der Waals surface area contributed by atoms with Gasteiger partial charge < -0.3 is 5.32 Å². The Bertz CT molecular complexity index is 502. The van der Waals surface area contributed by atoms with Crippen LogP contribution < -0.4 is 5.32 Å². The van der Waals surface area contributed by atoms with Crippen LogP contribution >= 0.6 is 0 Å². The highest BCUT2D eigenvalue weighted by Crippen LogP contribution is 2.18. The lowest BCUT2D eigenvalue weighted by Gasteiger charge is -2.20. The molecule has 1 aromatic heterocycles. The molecule has 0 saturated heterocycles. The van der Waals surface area contributed by atoms with E-state index in [9.17, 15) is 0 Å². The van der Waals surface area contributed by atoms with Gasteiger partial charge in [-0.2, -0.15) is 0 Å². The van der Waals surface area contributed by atoms with Gasteiger partial charge in [-0.05, 0) is 29.9 Å². The van der Waals surface area contributed by atoms with Gasteiger partial charge in [-0.15, -0.1) is 0 Å². The van der Waals surface area contributed by atoms with Crippen LogP contribution in [0.1, 0.15) is 32.8 Å². The van der Waals surface area contributed by atoms with E-state index in [1.54, 1.807) is 0 Å². The molecule has 0 saturated carbocycles. The minimum atomic E-state index is 0.548. The average molecular weight is 242 g/mol. The van der Waals surface area contributed by atoms with Crippen molar-refractivity contribution in [2.45, 2.75) is 39.8 Å². The number of nitrogens with zero attached hydrogens (tertiary/aromatic N) is 1. The molecule has 0 aliphatic rings. The van der Waals surface area contributed by atoms with Crippen LogP contribution in [0.2, 0.25) is 0 Å². The minimum Gasteiger partial charge on any atom is -0.310 e. The molecule has 0 bridgehead atoms. The molecule has 2 nitrogen and oxygen atoms in total. The van der Waals surface area contributed by atoms with Gasteiger partial charge in [0.25, 0.3) is 0 Å². The maximum atomic E-state index is 4.17. The number of aromatic nitrogens is 1. The fourth-order valence-electron chi connectivity index (χ4n) is 2.17. The predicted octanol–water partition coefficient (Wildman–Crippen LogP) is 3.76. The maximum Gasteiger partial charge on any atom is 0.0346 e. The standard InChI is InChI=1S/C16H22N2/c1-4-12(2)13(3)18-11-15-7-5-6-14-10-17-9-8-16(14)15/h5-10,12-13,18H,4,11H2,1-3H3. The van der Waals surface area contributed by atoms with Crippen LogP contribution in [-0.2, 0) is 6.54 Å². The van der Waals surface area contributed by atoms with Gasteiger partial charge in [0, 0.05) is 30.4 Å². The Morgan fingerprint density at radius 1 is 1.22 bits per heavy atom. The molecule has 0 fully saturated rings. The number of benzene rings is 1. The normalized spacial score (nSPS) is 14.6. The highest BCUT2D eigenvalue weighted by atomic mass is 14.9. The van der Waals surface area contributed by atoms with E-state index in [2.05, 4.69) is 55.3 Å². The van der Waals surface area contributed by atoms with Crippen LogP contribution in [0, 0.1) is 5.92 Å². The van der Waals surface area contributed by atoms with Crippen molar-refractivity contribution < 1.29 is 0 Å². The van der Waals surface area contributed by atoms with Crippen LogP contribution in [0.25, 0.3) is 10.8 Å². The summed E-state index contributed by atoms with van der Waals surface area (Å²) in [7, 11) is 0. The summed E-state index contributed by atoms with van der Waals surface area (Å²) in [6.07, 6.45) is 5.01. The zero-order chi connectivity index (χ0) is 13.0. The molecule has 18 heavy (non-hydrogen) atoms. The number of fused-ring (bicyclic) bond motifs is 1. The lowest BCUT2D eigenvalue weighted by atomic mass is 10.00. The van der Waals surface area contributed by atoms with Gasteiger partial charge in [0.1, 0.15) is 0 Å². The maximum absolute atomic E-state index is 4.17. The molecule has 1 aromatic carbocycles. The van der Waals surface area contributed by atoms with Crippen molar-refractivity contribution in [3.05, 3.63) is 42.2 Å². The van der Waals surface area contributed by atoms with Gasteiger partial charge in [0.15, 0.2) is 0 Å². The van der Waals surface area contributed by atoms with Gasteiger partial charge in [-0.1, -0.05) is 38.5 Å². The summed E-state index contributed by atoms with van der Waals surface area (Å²) in [5.41, 5.74) is 1.35. The molecule has 2 rings (SSSR count). The molecule has 96 valence electrons. The number of nitrogens with one attached hydrogen (secondary N) is 1. The van der Waals surface area contributed by atoms with Crippen LogP contribution in [0.3, 0.4) is 0 Å². The summed E-state index contributed by atoms with van der Waals surface area (Å²) in [6.45, 7) is 7.73. The van der Waals surface area contributed by atoms with E-state index in [4.69, 9.17) is 0 Å². The first kappa shape index (κ1) is 13.0. The van der Waals surface area contributed by atoms with Gasteiger partial charge in [-0.3, -0.25) is 4.98 Å². The number of rotatable bonds is 5. The molecule has 1 N–H and O–H groups in total. The fraction of sp³-hybridized carbons (Fsp3) is 0.438. The smallest absolute Gasteiger partial charge is 0.0346 e. The number of hydrogen-bond acceptors (Lipinski definition) is 2. The van der Waals surface area contributed by atoms with E-state index in [1.807, 2.05) is 12.4 Å². The molecule has 0 aliphatic carbocycles. The molecular weight excluding hydrogens is 220 g/mol. The SMILES string of the molecule is CCC(C)C(C)NCc1cccc2cnccc12. The zero-order valence-electron chi connectivity index (χ0n) is 11.5. The Hall–Kier alpha value is -1.41. The molecule has 2 aromatic rings. The summed E-state index contributed by atoms with van der Waals surface area (Å²) in [5.74, 6) is 0.710. The molecule has 2 heteroatoms. The third-order valence-electron chi connectivity index (χ3n) is 3.88. The van der Waals surface area contributed by atoms with Gasteiger partial charge >= 0.3 is 0 Å². The molecule has 0 amide bonds. The van der Waals surface area contributed by atoms with Crippen LogP contribution in [-0.4, -0.2) is 11.0 Å². The van der Waals surface area contributed by atoms with Crippen LogP contribution in [0.15, 0.2) is 36.7 Å². The summed E-state index contributed by atoms with van der Waals surface area (Å²) in [6, 6.07) is 9.06. The first-order chi connectivity index (χ1) is 8.72. The van der Waals surface area contributed by atoms with Gasteiger partial charge in [0.2, 0.25) is 0 Å². The molecule has 0 spiro atoms. The van der Waals surface area contributed by atoms with E-state index in [0.29, 0.717) is 12.0 Å². The Morgan fingerprint density at radius 3 is 2.83 bits per heavy atom. The molecule has 0 radical (unpaired) electrons. The second kappa shape index (κ2) is 5.96. The third-order valence-corrected chi connectivity index (χ3v) is 3.88. The summed E-state index contributed by atoms with van der Waals surface area (Å²) in [4.78, 5) is 4.17. The minimum absolute atomic E-state index is 0.548. The summed E-state index contributed by atoms with van der Waals surface area (Å²) >= 11 is 0. The predicted molar refractivity (Wildman–Crippen MR) is 77.5 cm³/mol. The Labute approximate surface area is 109 Å². The molecule has 2 atom stereocenters. The molecule has 1 heterocycles.